The minimum absolute atomic E-state index is 0.00685. The second-order valence-electron chi connectivity index (χ2n) is 6.86. The monoisotopic (exact) mass is 332 g/mol. The first-order chi connectivity index (χ1) is 11.5. The maximum absolute atomic E-state index is 12.2. The second kappa shape index (κ2) is 6.10. The predicted octanol–water partition coefficient (Wildman–Crippen LogP) is 1.11. The fraction of sp³-hybridized carbons (Fsp3) is 0.706. The molecule has 7 nitrogen and oxygen atoms in total. The van der Waals surface area contributed by atoms with E-state index < -0.39 is 11.2 Å². The van der Waals surface area contributed by atoms with Gasteiger partial charge < -0.3 is 10.1 Å². The van der Waals surface area contributed by atoms with Crippen molar-refractivity contribution < 1.29 is 4.74 Å². The lowest BCUT2D eigenvalue weighted by Gasteiger charge is -2.54. The molecule has 1 spiro atoms. The van der Waals surface area contributed by atoms with E-state index in [0.29, 0.717) is 12.4 Å². The van der Waals surface area contributed by atoms with Crippen LogP contribution in [0.2, 0.25) is 0 Å². The van der Waals surface area contributed by atoms with Crippen LogP contribution in [0.1, 0.15) is 44.6 Å². The van der Waals surface area contributed by atoms with E-state index in [1.54, 1.807) is 7.05 Å². The Balaban J connectivity index is 1.97. The number of ether oxygens (including phenoxy) is 1. The van der Waals surface area contributed by atoms with Gasteiger partial charge in [0.15, 0.2) is 5.56 Å². The Morgan fingerprint density at radius 1 is 1.29 bits per heavy atom. The van der Waals surface area contributed by atoms with Crippen LogP contribution in [-0.4, -0.2) is 27.9 Å². The second-order valence-corrected chi connectivity index (χ2v) is 6.86. The molecule has 0 aliphatic heterocycles. The SMILES string of the molecule is CCO[C@@H]1C[C@@H](Nc2c(C#N)c(=O)n(C)c(=O)n2C)C12CCCC2. The molecule has 0 radical (unpaired) electrons. The Hall–Kier alpha value is -2.07. The van der Waals surface area contributed by atoms with Crippen molar-refractivity contribution in [2.75, 3.05) is 11.9 Å². The van der Waals surface area contributed by atoms with Gasteiger partial charge in [0.2, 0.25) is 0 Å². The van der Waals surface area contributed by atoms with Gasteiger partial charge in [-0.2, -0.15) is 5.26 Å². The van der Waals surface area contributed by atoms with Gasteiger partial charge in [-0.05, 0) is 26.2 Å². The van der Waals surface area contributed by atoms with Gasteiger partial charge in [-0.3, -0.25) is 13.9 Å². The lowest BCUT2D eigenvalue weighted by Crippen LogP contribution is -2.60. The summed E-state index contributed by atoms with van der Waals surface area (Å²) >= 11 is 0. The summed E-state index contributed by atoms with van der Waals surface area (Å²) < 4.78 is 8.23. The lowest BCUT2D eigenvalue weighted by molar-refractivity contribution is -0.114. The maximum atomic E-state index is 12.2. The predicted molar refractivity (Wildman–Crippen MR) is 90.0 cm³/mol. The first kappa shape index (κ1) is 16.8. The van der Waals surface area contributed by atoms with Gasteiger partial charge in [-0.1, -0.05) is 12.8 Å². The highest BCUT2D eigenvalue weighted by molar-refractivity contribution is 5.52. The molecule has 0 unspecified atom stereocenters. The molecule has 24 heavy (non-hydrogen) atoms. The van der Waals surface area contributed by atoms with E-state index in [1.165, 1.54) is 24.5 Å². The normalized spacial score (nSPS) is 24.6. The lowest BCUT2D eigenvalue weighted by atomic mass is 9.60. The third-order valence-corrected chi connectivity index (χ3v) is 5.77. The highest BCUT2D eigenvalue weighted by Gasteiger charge is 2.57. The van der Waals surface area contributed by atoms with Crippen molar-refractivity contribution in [3.63, 3.8) is 0 Å². The Labute approximate surface area is 140 Å². The molecule has 2 fully saturated rings. The van der Waals surface area contributed by atoms with Gasteiger partial charge in [0.1, 0.15) is 11.9 Å². The third kappa shape index (κ3) is 2.28. The summed E-state index contributed by atoms with van der Waals surface area (Å²) in [6.07, 6.45) is 5.55. The molecule has 1 aromatic heterocycles. The number of nitriles is 1. The van der Waals surface area contributed by atoms with Gasteiger partial charge in [-0.25, -0.2) is 4.79 Å². The minimum Gasteiger partial charge on any atom is -0.378 e. The van der Waals surface area contributed by atoms with Gasteiger partial charge >= 0.3 is 5.69 Å². The quantitative estimate of drug-likeness (QED) is 0.892. The first-order valence-electron chi connectivity index (χ1n) is 8.54. The Kier molecular flexibility index (Phi) is 4.26. The molecule has 2 aliphatic rings. The summed E-state index contributed by atoms with van der Waals surface area (Å²) in [6.45, 7) is 2.69. The van der Waals surface area contributed by atoms with Crippen molar-refractivity contribution in [1.82, 2.24) is 9.13 Å². The molecular weight excluding hydrogens is 308 g/mol. The first-order valence-corrected chi connectivity index (χ1v) is 8.54. The van der Waals surface area contributed by atoms with Crippen molar-refractivity contribution in [1.29, 1.82) is 5.26 Å². The summed E-state index contributed by atoms with van der Waals surface area (Å²) in [5.74, 6) is 0.330. The zero-order valence-corrected chi connectivity index (χ0v) is 14.5. The third-order valence-electron chi connectivity index (χ3n) is 5.77. The highest BCUT2D eigenvalue weighted by atomic mass is 16.5. The average Bonchev–Trinajstić information content (AvgIpc) is 3.09. The fourth-order valence-electron chi connectivity index (χ4n) is 4.37. The molecule has 2 saturated carbocycles. The summed E-state index contributed by atoms with van der Waals surface area (Å²) in [5.41, 5.74) is -0.931. The number of nitrogens with zero attached hydrogens (tertiary/aromatic N) is 3. The average molecular weight is 332 g/mol. The Morgan fingerprint density at radius 3 is 2.54 bits per heavy atom. The van der Waals surface area contributed by atoms with Gasteiger partial charge in [0, 0.05) is 32.2 Å². The van der Waals surface area contributed by atoms with Crippen LogP contribution in [-0.2, 0) is 18.8 Å². The topological polar surface area (TPSA) is 89.1 Å². The molecule has 0 bridgehead atoms. The van der Waals surface area contributed by atoms with Crippen LogP contribution >= 0.6 is 0 Å². The summed E-state index contributed by atoms with van der Waals surface area (Å²) in [5, 5.41) is 12.7. The molecular formula is C17H24N4O3. The molecule has 1 N–H and O–H groups in total. The number of hydrogen-bond acceptors (Lipinski definition) is 5. The number of nitrogens with one attached hydrogen (secondary N) is 1. The number of anilines is 1. The smallest absolute Gasteiger partial charge is 0.332 e. The number of rotatable bonds is 4. The van der Waals surface area contributed by atoms with Crippen molar-refractivity contribution in [2.24, 2.45) is 19.5 Å². The fourth-order valence-corrected chi connectivity index (χ4v) is 4.37. The minimum atomic E-state index is -0.552. The van der Waals surface area contributed by atoms with Crippen molar-refractivity contribution in [2.45, 2.75) is 51.2 Å². The molecule has 0 amide bonds. The Morgan fingerprint density at radius 2 is 1.96 bits per heavy atom. The number of aromatic nitrogens is 2. The van der Waals surface area contributed by atoms with E-state index >= 15 is 0 Å². The summed E-state index contributed by atoms with van der Waals surface area (Å²) in [4.78, 5) is 24.4. The van der Waals surface area contributed by atoms with Gasteiger partial charge in [-0.15, -0.1) is 0 Å². The molecule has 7 heteroatoms. The highest BCUT2D eigenvalue weighted by Crippen LogP contribution is 2.55. The van der Waals surface area contributed by atoms with Crippen molar-refractivity contribution >= 4 is 5.82 Å². The molecule has 1 heterocycles. The standard InChI is InChI=1S/C17H24N4O3/c1-4-24-13-9-12(17(13)7-5-6-8-17)19-14-11(10-18)15(22)21(3)16(23)20(14)2/h12-13,19H,4-9H2,1-3H3/t12-,13-/m1/s1. The van der Waals surface area contributed by atoms with E-state index in [-0.39, 0.29) is 23.1 Å². The van der Waals surface area contributed by atoms with Crippen LogP contribution in [0.3, 0.4) is 0 Å². The van der Waals surface area contributed by atoms with Crippen LogP contribution in [0.25, 0.3) is 0 Å². The van der Waals surface area contributed by atoms with Crippen molar-refractivity contribution in [3.05, 3.63) is 26.4 Å². The molecule has 3 rings (SSSR count). The van der Waals surface area contributed by atoms with Crippen molar-refractivity contribution in [3.8, 4) is 6.07 Å². The molecule has 130 valence electrons. The molecule has 0 aromatic carbocycles. The van der Waals surface area contributed by atoms with Gasteiger partial charge in [0.05, 0.1) is 6.10 Å². The van der Waals surface area contributed by atoms with Crippen LogP contribution in [0.15, 0.2) is 9.59 Å². The van der Waals surface area contributed by atoms with E-state index in [2.05, 4.69) is 5.32 Å². The number of hydrogen-bond donors (Lipinski definition) is 1. The van der Waals surface area contributed by atoms with E-state index in [4.69, 9.17) is 4.74 Å². The van der Waals surface area contributed by atoms with Crippen LogP contribution < -0.4 is 16.6 Å². The molecule has 2 atom stereocenters. The zero-order chi connectivity index (χ0) is 17.5. The maximum Gasteiger partial charge on any atom is 0.332 e. The summed E-state index contributed by atoms with van der Waals surface area (Å²) in [7, 11) is 2.98. The van der Waals surface area contributed by atoms with E-state index in [0.717, 1.165) is 23.8 Å². The van der Waals surface area contributed by atoms with Gasteiger partial charge in [0.25, 0.3) is 5.56 Å². The van der Waals surface area contributed by atoms with Crippen LogP contribution in [0, 0.1) is 16.7 Å². The largest absolute Gasteiger partial charge is 0.378 e. The summed E-state index contributed by atoms with van der Waals surface area (Å²) in [6, 6.07) is 2.08. The molecule has 1 aromatic rings. The molecule has 2 aliphatic carbocycles. The Bertz CT molecular complexity index is 796. The van der Waals surface area contributed by atoms with Crippen LogP contribution in [0.4, 0.5) is 5.82 Å². The zero-order valence-electron chi connectivity index (χ0n) is 14.5. The van der Waals surface area contributed by atoms with E-state index in [9.17, 15) is 14.9 Å². The molecule has 0 saturated heterocycles. The van der Waals surface area contributed by atoms with E-state index in [1.807, 2.05) is 13.0 Å². The van der Waals surface area contributed by atoms with Crippen LogP contribution in [0.5, 0.6) is 0 Å².